The van der Waals surface area contributed by atoms with Gasteiger partial charge in [0.1, 0.15) is 0 Å². The molecule has 1 aromatic carbocycles. The minimum absolute atomic E-state index is 0.264. The Hall–Kier alpha value is -0.860. The number of benzene rings is 1. The van der Waals surface area contributed by atoms with Crippen molar-refractivity contribution in [3.05, 3.63) is 42.8 Å². The van der Waals surface area contributed by atoms with Gasteiger partial charge >= 0.3 is 0 Å². The number of hydrogen-bond donors (Lipinski definition) is 0. The van der Waals surface area contributed by atoms with Crippen molar-refractivity contribution in [1.29, 1.82) is 0 Å². The van der Waals surface area contributed by atoms with Gasteiger partial charge in [0, 0.05) is 19.1 Å². The van der Waals surface area contributed by atoms with Gasteiger partial charge < -0.3 is 4.74 Å². The van der Waals surface area contributed by atoms with Crippen molar-refractivity contribution >= 4 is 0 Å². The summed E-state index contributed by atoms with van der Waals surface area (Å²) in [7, 11) is 0. The summed E-state index contributed by atoms with van der Waals surface area (Å²) < 4.78 is 5.32. The first-order valence-electron chi connectivity index (χ1n) is 5.08. The molecule has 14 heavy (non-hydrogen) atoms. The third-order valence-corrected chi connectivity index (χ3v) is 2.67. The van der Waals surface area contributed by atoms with Gasteiger partial charge in [-0.05, 0) is 12.5 Å². The van der Waals surface area contributed by atoms with Crippen LogP contribution in [0.4, 0.5) is 0 Å². The highest BCUT2D eigenvalue weighted by atomic mass is 16.5. The van der Waals surface area contributed by atoms with Crippen LogP contribution in [0.3, 0.4) is 0 Å². The molecule has 1 saturated heterocycles. The highest BCUT2D eigenvalue weighted by Crippen LogP contribution is 2.19. The molecule has 75 valence electrons. The molecule has 0 saturated carbocycles. The zero-order chi connectivity index (χ0) is 9.80. The predicted octanol–water partition coefficient (Wildman–Crippen LogP) is 1.89. The normalized spacial score (nSPS) is 20.6. The topological polar surface area (TPSA) is 12.5 Å². The van der Waals surface area contributed by atoms with Gasteiger partial charge in [-0.15, -0.1) is 0 Å². The maximum Gasteiger partial charge on any atom is 0.0594 e. The minimum Gasteiger partial charge on any atom is -0.379 e. The van der Waals surface area contributed by atoms with Crippen molar-refractivity contribution in [1.82, 2.24) is 4.90 Å². The average Bonchev–Trinajstić information content (AvgIpc) is 2.30. The van der Waals surface area contributed by atoms with Crippen LogP contribution in [0.2, 0.25) is 0 Å². The minimum atomic E-state index is 0.264. The lowest BCUT2D eigenvalue weighted by molar-refractivity contribution is 0.0248. The van der Waals surface area contributed by atoms with Crippen LogP contribution < -0.4 is 0 Å². The van der Waals surface area contributed by atoms with Crippen LogP contribution in [-0.4, -0.2) is 31.2 Å². The van der Waals surface area contributed by atoms with E-state index >= 15 is 0 Å². The van der Waals surface area contributed by atoms with Gasteiger partial charge in [0.05, 0.1) is 13.2 Å². The third-order valence-electron chi connectivity index (χ3n) is 2.67. The van der Waals surface area contributed by atoms with E-state index in [0.717, 1.165) is 26.3 Å². The van der Waals surface area contributed by atoms with Crippen LogP contribution in [-0.2, 0) is 4.74 Å². The molecule has 0 aliphatic carbocycles. The second-order valence-corrected chi connectivity index (χ2v) is 3.57. The van der Waals surface area contributed by atoms with Gasteiger partial charge in [-0.2, -0.15) is 0 Å². The molecule has 2 rings (SSSR count). The second kappa shape index (κ2) is 4.58. The molecule has 2 heteroatoms. The summed E-state index contributed by atoms with van der Waals surface area (Å²) in [5.41, 5.74) is 1.29. The van der Waals surface area contributed by atoms with Crippen molar-refractivity contribution < 1.29 is 4.74 Å². The number of rotatable bonds is 2. The van der Waals surface area contributed by atoms with Crippen molar-refractivity contribution in [2.75, 3.05) is 26.3 Å². The van der Waals surface area contributed by atoms with Crippen molar-refractivity contribution in [3.8, 4) is 0 Å². The monoisotopic (exact) mass is 190 g/mol. The lowest BCUT2D eigenvalue weighted by Gasteiger charge is -2.32. The lowest BCUT2D eigenvalue weighted by atomic mass is 10.1. The number of morpholine rings is 1. The molecule has 0 amide bonds. The summed E-state index contributed by atoms with van der Waals surface area (Å²) in [6.07, 6.45) is 0. The SMILES string of the molecule is [CH2]C(c1ccccc1)N1CCOCC1. The first-order chi connectivity index (χ1) is 6.88. The molecule has 1 heterocycles. The van der Waals surface area contributed by atoms with Crippen molar-refractivity contribution in [2.45, 2.75) is 6.04 Å². The second-order valence-electron chi connectivity index (χ2n) is 3.57. The van der Waals surface area contributed by atoms with E-state index in [9.17, 15) is 0 Å². The fraction of sp³-hybridized carbons (Fsp3) is 0.417. The third kappa shape index (κ3) is 2.14. The highest BCUT2D eigenvalue weighted by Gasteiger charge is 2.17. The zero-order valence-corrected chi connectivity index (χ0v) is 8.36. The highest BCUT2D eigenvalue weighted by molar-refractivity contribution is 5.19. The van der Waals surface area contributed by atoms with E-state index < -0.39 is 0 Å². The largest absolute Gasteiger partial charge is 0.379 e. The summed E-state index contributed by atoms with van der Waals surface area (Å²) in [5.74, 6) is 0. The first-order valence-corrected chi connectivity index (χ1v) is 5.08. The summed E-state index contributed by atoms with van der Waals surface area (Å²) >= 11 is 0. The quantitative estimate of drug-likeness (QED) is 0.706. The summed E-state index contributed by atoms with van der Waals surface area (Å²) in [6.45, 7) is 7.85. The Balaban J connectivity index is 2.03. The van der Waals surface area contributed by atoms with Gasteiger partial charge in [0.25, 0.3) is 0 Å². The maximum atomic E-state index is 5.32. The molecule has 1 aliphatic rings. The predicted molar refractivity (Wildman–Crippen MR) is 56.9 cm³/mol. The van der Waals surface area contributed by atoms with Crippen LogP contribution in [0.15, 0.2) is 30.3 Å². The Morgan fingerprint density at radius 1 is 1.14 bits per heavy atom. The van der Waals surface area contributed by atoms with E-state index in [0.29, 0.717) is 0 Å². The molecule has 0 spiro atoms. The van der Waals surface area contributed by atoms with Crippen molar-refractivity contribution in [3.63, 3.8) is 0 Å². The Morgan fingerprint density at radius 3 is 2.43 bits per heavy atom. The van der Waals surface area contributed by atoms with E-state index in [1.807, 2.05) is 6.07 Å². The first kappa shape index (κ1) is 9.69. The van der Waals surface area contributed by atoms with Gasteiger partial charge in [0.2, 0.25) is 0 Å². The van der Waals surface area contributed by atoms with Crippen LogP contribution in [0.25, 0.3) is 0 Å². The summed E-state index contributed by atoms with van der Waals surface area (Å²) in [4.78, 5) is 2.36. The fourth-order valence-corrected chi connectivity index (χ4v) is 1.78. The van der Waals surface area contributed by atoms with E-state index in [4.69, 9.17) is 4.74 Å². The van der Waals surface area contributed by atoms with E-state index in [1.54, 1.807) is 0 Å². The molecule has 1 fully saturated rings. The Morgan fingerprint density at radius 2 is 1.79 bits per heavy atom. The summed E-state index contributed by atoms with van der Waals surface area (Å²) in [5, 5.41) is 0. The van der Waals surface area contributed by atoms with Gasteiger partial charge in [-0.1, -0.05) is 30.3 Å². The summed E-state index contributed by atoms with van der Waals surface area (Å²) in [6, 6.07) is 10.7. The van der Waals surface area contributed by atoms with Crippen LogP contribution >= 0.6 is 0 Å². The molecule has 1 aromatic rings. The lowest BCUT2D eigenvalue weighted by Crippen LogP contribution is -2.38. The van der Waals surface area contributed by atoms with E-state index in [2.05, 4.69) is 36.1 Å². The van der Waals surface area contributed by atoms with Crippen LogP contribution in [0.5, 0.6) is 0 Å². The Kier molecular flexibility index (Phi) is 3.17. The van der Waals surface area contributed by atoms with E-state index in [1.165, 1.54) is 5.56 Å². The van der Waals surface area contributed by atoms with Gasteiger partial charge in [-0.25, -0.2) is 0 Å². The molecule has 1 radical (unpaired) electrons. The molecular formula is C12H16NO. The standard InChI is InChI=1S/C12H16NO/c1-11(12-5-3-2-4-6-12)13-7-9-14-10-8-13/h2-6,11H,1,7-10H2. The molecule has 1 unspecified atom stereocenters. The number of hydrogen-bond acceptors (Lipinski definition) is 2. The smallest absolute Gasteiger partial charge is 0.0594 e. The molecular weight excluding hydrogens is 174 g/mol. The molecule has 0 aromatic heterocycles. The van der Waals surface area contributed by atoms with Crippen LogP contribution in [0.1, 0.15) is 11.6 Å². The number of ether oxygens (including phenoxy) is 1. The molecule has 1 aliphatic heterocycles. The van der Waals surface area contributed by atoms with Crippen LogP contribution in [0, 0.1) is 6.92 Å². The molecule has 0 N–H and O–H groups in total. The van der Waals surface area contributed by atoms with Crippen molar-refractivity contribution in [2.24, 2.45) is 0 Å². The fourth-order valence-electron chi connectivity index (χ4n) is 1.78. The average molecular weight is 190 g/mol. The zero-order valence-electron chi connectivity index (χ0n) is 8.36. The Labute approximate surface area is 85.5 Å². The van der Waals surface area contributed by atoms with Gasteiger partial charge in [-0.3, -0.25) is 4.90 Å². The molecule has 0 bridgehead atoms. The Bertz CT molecular complexity index is 267. The maximum absolute atomic E-state index is 5.32. The number of nitrogens with zero attached hydrogens (tertiary/aromatic N) is 1. The van der Waals surface area contributed by atoms with E-state index in [-0.39, 0.29) is 6.04 Å². The molecule has 1 atom stereocenters. The van der Waals surface area contributed by atoms with Gasteiger partial charge in [0.15, 0.2) is 0 Å². The molecule has 2 nitrogen and oxygen atoms in total.